The van der Waals surface area contributed by atoms with Gasteiger partial charge >= 0.3 is 0 Å². The SMILES string of the molecule is CCN(CC)c1ccc(-c2csc(C3CCN(C(=O)CSC4CC(=O)N(c5ccccc5)C4=O)CC3)n2)cc1. The topological polar surface area (TPSA) is 73.8 Å². The average Bonchev–Trinajstić information content (AvgIpc) is 3.57. The molecule has 5 rings (SSSR count). The van der Waals surface area contributed by atoms with Crippen LogP contribution in [0.5, 0.6) is 0 Å². The molecule has 3 aromatic rings. The third-order valence-electron chi connectivity index (χ3n) is 7.54. The summed E-state index contributed by atoms with van der Waals surface area (Å²) in [7, 11) is 0. The van der Waals surface area contributed by atoms with Crippen molar-refractivity contribution in [2.75, 3.05) is 41.7 Å². The van der Waals surface area contributed by atoms with E-state index in [-0.39, 0.29) is 29.9 Å². The molecule has 2 fully saturated rings. The van der Waals surface area contributed by atoms with Crippen LogP contribution in [0, 0.1) is 0 Å². The van der Waals surface area contributed by atoms with E-state index in [9.17, 15) is 14.4 Å². The third kappa shape index (κ3) is 6.04. The van der Waals surface area contributed by atoms with E-state index in [4.69, 9.17) is 4.98 Å². The molecule has 0 N–H and O–H groups in total. The monoisotopic (exact) mass is 562 g/mol. The van der Waals surface area contributed by atoms with Crippen LogP contribution in [0.3, 0.4) is 0 Å². The van der Waals surface area contributed by atoms with E-state index in [2.05, 4.69) is 48.4 Å². The smallest absolute Gasteiger partial charge is 0.247 e. The molecule has 0 spiro atoms. The Kier molecular flexibility index (Phi) is 8.67. The van der Waals surface area contributed by atoms with E-state index in [1.54, 1.807) is 35.6 Å². The van der Waals surface area contributed by atoms with Gasteiger partial charge in [-0.3, -0.25) is 14.4 Å². The molecule has 0 bridgehead atoms. The van der Waals surface area contributed by atoms with Crippen LogP contribution in [-0.4, -0.2) is 64.8 Å². The Morgan fingerprint density at radius 2 is 1.72 bits per heavy atom. The van der Waals surface area contributed by atoms with E-state index in [0.717, 1.165) is 42.2 Å². The van der Waals surface area contributed by atoms with Gasteiger partial charge in [0.15, 0.2) is 0 Å². The lowest BCUT2D eigenvalue weighted by molar-refractivity contribution is -0.129. The second-order valence-corrected chi connectivity index (χ2v) is 11.9. The Bertz CT molecular complexity index is 1300. The number of hydrogen-bond donors (Lipinski definition) is 0. The highest BCUT2D eigenvalue weighted by atomic mass is 32.2. The Hall–Kier alpha value is -3.17. The van der Waals surface area contributed by atoms with Crippen LogP contribution in [0.25, 0.3) is 11.3 Å². The summed E-state index contributed by atoms with van der Waals surface area (Å²) in [5.74, 6) is 0.153. The number of hydrogen-bond acceptors (Lipinski definition) is 7. The zero-order chi connectivity index (χ0) is 27.4. The number of aromatic nitrogens is 1. The molecule has 2 aromatic carbocycles. The van der Waals surface area contributed by atoms with Gasteiger partial charge in [0.05, 0.1) is 27.4 Å². The number of carbonyl (C=O) groups is 3. The fraction of sp³-hybridized carbons (Fsp3) is 0.400. The summed E-state index contributed by atoms with van der Waals surface area (Å²) in [6.07, 6.45) is 1.90. The second kappa shape index (κ2) is 12.3. The molecule has 39 heavy (non-hydrogen) atoms. The molecule has 9 heteroatoms. The van der Waals surface area contributed by atoms with E-state index in [1.165, 1.54) is 22.3 Å². The fourth-order valence-electron chi connectivity index (χ4n) is 5.26. The Morgan fingerprint density at radius 1 is 1.03 bits per heavy atom. The quantitative estimate of drug-likeness (QED) is 0.324. The van der Waals surface area contributed by atoms with E-state index in [1.807, 2.05) is 11.0 Å². The molecule has 0 aliphatic carbocycles. The van der Waals surface area contributed by atoms with Crippen molar-refractivity contribution in [1.29, 1.82) is 0 Å². The van der Waals surface area contributed by atoms with Gasteiger partial charge < -0.3 is 9.80 Å². The van der Waals surface area contributed by atoms with Crippen LogP contribution in [-0.2, 0) is 14.4 Å². The van der Waals surface area contributed by atoms with Gasteiger partial charge in [0.25, 0.3) is 0 Å². The molecule has 3 heterocycles. The van der Waals surface area contributed by atoms with Crippen LogP contribution < -0.4 is 9.80 Å². The summed E-state index contributed by atoms with van der Waals surface area (Å²) in [6.45, 7) is 7.68. The van der Waals surface area contributed by atoms with E-state index < -0.39 is 5.25 Å². The largest absolute Gasteiger partial charge is 0.372 e. The van der Waals surface area contributed by atoms with Crippen molar-refractivity contribution in [1.82, 2.24) is 9.88 Å². The first-order chi connectivity index (χ1) is 19.0. The minimum absolute atomic E-state index is 0.0324. The molecule has 1 atom stereocenters. The number of amides is 3. The Morgan fingerprint density at radius 3 is 2.38 bits per heavy atom. The number of carbonyl (C=O) groups excluding carboxylic acids is 3. The van der Waals surface area contributed by atoms with Crippen molar-refractivity contribution in [2.24, 2.45) is 0 Å². The van der Waals surface area contributed by atoms with Gasteiger partial charge in [-0.2, -0.15) is 0 Å². The van der Waals surface area contributed by atoms with Crippen molar-refractivity contribution in [2.45, 2.75) is 44.3 Å². The maximum absolute atomic E-state index is 12.9. The molecule has 2 aliphatic heterocycles. The normalized spacial score (nSPS) is 18.2. The standard InChI is InChI=1S/C30H34N4O3S2/c1-3-32(4-2)23-12-10-21(11-13-23)25-19-39-29(31-25)22-14-16-33(17-15-22)28(36)20-38-26-18-27(35)34(30(26)37)24-8-6-5-7-9-24/h5-13,19,22,26H,3-4,14-18,20H2,1-2H3. The number of likely N-dealkylation sites (tertiary alicyclic amines) is 1. The highest BCUT2D eigenvalue weighted by Gasteiger charge is 2.40. The molecular weight excluding hydrogens is 528 g/mol. The summed E-state index contributed by atoms with van der Waals surface area (Å²) in [6, 6.07) is 17.6. The molecule has 1 unspecified atom stereocenters. The van der Waals surface area contributed by atoms with Crippen molar-refractivity contribution in [3.05, 3.63) is 65.0 Å². The van der Waals surface area contributed by atoms with Crippen molar-refractivity contribution in [3.63, 3.8) is 0 Å². The molecule has 3 amide bonds. The number of para-hydroxylation sites is 1. The molecule has 204 valence electrons. The predicted molar refractivity (Wildman–Crippen MR) is 159 cm³/mol. The lowest BCUT2D eigenvalue weighted by Crippen LogP contribution is -2.39. The maximum Gasteiger partial charge on any atom is 0.247 e. The summed E-state index contributed by atoms with van der Waals surface area (Å²) >= 11 is 2.99. The average molecular weight is 563 g/mol. The molecule has 0 radical (unpaired) electrons. The maximum atomic E-state index is 12.9. The van der Waals surface area contributed by atoms with Gasteiger partial charge in [0, 0.05) is 55.1 Å². The van der Waals surface area contributed by atoms with Gasteiger partial charge in [0.2, 0.25) is 17.7 Å². The summed E-state index contributed by atoms with van der Waals surface area (Å²) < 4.78 is 0. The minimum Gasteiger partial charge on any atom is -0.372 e. The van der Waals surface area contributed by atoms with Gasteiger partial charge in [-0.25, -0.2) is 9.88 Å². The first-order valence-corrected chi connectivity index (χ1v) is 15.5. The highest BCUT2D eigenvalue weighted by Crippen LogP contribution is 2.34. The predicted octanol–water partition coefficient (Wildman–Crippen LogP) is 5.43. The molecule has 0 saturated carbocycles. The van der Waals surface area contributed by atoms with Gasteiger partial charge in [-0.05, 0) is 51.0 Å². The lowest BCUT2D eigenvalue weighted by atomic mass is 9.97. The van der Waals surface area contributed by atoms with Gasteiger partial charge in [-0.15, -0.1) is 23.1 Å². The van der Waals surface area contributed by atoms with Gasteiger partial charge in [-0.1, -0.05) is 30.3 Å². The number of nitrogens with zero attached hydrogens (tertiary/aromatic N) is 4. The Labute approximate surface area is 238 Å². The van der Waals surface area contributed by atoms with Crippen molar-refractivity contribution >= 4 is 52.2 Å². The number of benzene rings is 2. The minimum atomic E-state index is -0.506. The zero-order valence-corrected chi connectivity index (χ0v) is 24.0. The summed E-state index contributed by atoms with van der Waals surface area (Å²) in [5, 5.41) is 2.76. The van der Waals surface area contributed by atoms with Crippen LogP contribution in [0.4, 0.5) is 11.4 Å². The third-order valence-corrected chi connectivity index (χ3v) is 9.73. The van der Waals surface area contributed by atoms with Gasteiger partial charge in [0.1, 0.15) is 0 Å². The lowest BCUT2D eigenvalue weighted by Gasteiger charge is -2.31. The summed E-state index contributed by atoms with van der Waals surface area (Å²) in [5.41, 5.74) is 3.96. The molecular formula is C30H34N4O3S2. The second-order valence-electron chi connectivity index (χ2n) is 9.85. The zero-order valence-electron chi connectivity index (χ0n) is 22.4. The van der Waals surface area contributed by atoms with Crippen molar-refractivity contribution in [3.8, 4) is 11.3 Å². The van der Waals surface area contributed by atoms with Crippen LogP contribution in [0.2, 0.25) is 0 Å². The van der Waals surface area contributed by atoms with Crippen LogP contribution in [0.15, 0.2) is 60.0 Å². The molecule has 1 aromatic heterocycles. The van der Waals surface area contributed by atoms with Crippen LogP contribution in [0.1, 0.15) is 44.0 Å². The van der Waals surface area contributed by atoms with Crippen molar-refractivity contribution < 1.29 is 14.4 Å². The number of piperidine rings is 1. The first-order valence-electron chi connectivity index (χ1n) is 13.6. The Balaban J connectivity index is 1.11. The van der Waals surface area contributed by atoms with E-state index >= 15 is 0 Å². The molecule has 2 aliphatic rings. The van der Waals surface area contributed by atoms with Crippen LogP contribution >= 0.6 is 23.1 Å². The number of thioether (sulfide) groups is 1. The van der Waals surface area contributed by atoms with E-state index in [0.29, 0.717) is 24.7 Å². The molecule has 2 saturated heterocycles. The number of imide groups is 1. The number of anilines is 2. The first kappa shape index (κ1) is 27.4. The molecule has 7 nitrogen and oxygen atoms in total. The number of rotatable bonds is 9. The summed E-state index contributed by atoms with van der Waals surface area (Å²) in [4.78, 5) is 48.6. The highest BCUT2D eigenvalue weighted by molar-refractivity contribution is 8.01. The number of thiazole rings is 1. The fourth-order valence-corrected chi connectivity index (χ4v) is 7.30.